The third-order valence-corrected chi connectivity index (χ3v) is 5.34. The van der Waals surface area contributed by atoms with Gasteiger partial charge >= 0.3 is 0 Å². The number of nitrogen functional groups attached to an aromatic ring is 1. The molecule has 1 heterocycles. The number of aromatic nitrogens is 2. The number of rotatable bonds is 4. The molecule has 20 heavy (non-hydrogen) atoms. The molecule has 0 fully saturated rings. The number of halogens is 1. The number of benzene rings is 1. The Balaban J connectivity index is 2.22. The van der Waals surface area contributed by atoms with E-state index < -0.39 is 16.1 Å². The van der Waals surface area contributed by atoms with Crippen LogP contribution in [-0.2, 0) is 10.0 Å². The average molecular weight is 316 g/mol. The van der Waals surface area contributed by atoms with Crippen molar-refractivity contribution in [3.05, 3.63) is 35.1 Å². The van der Waals surface area contributed by atoms with Crippen LogP contribution in [0.4, 0.5) is 9.52 Å². The molecule has 0 spiro atoms. The summed E-state index contributed by atoms with van der Waals surface area (Å²) in [5.41, 5.74) is 6.38. The molecule has 2 rings (SSSR count). The highest BCUT2D eigenvalue weighted by Gasteiger charge is 2.23. The van der Waals surface area contributed by atoms with Crippen molar-refractivity contribution in [2.45, 2.75) is 24.2 Å². The summed E-state index contributed by atoms with van der Waals surface area (Å²) in [4.78, 5) is 0. The molecular formula is C11H13FN4O2S2. The highest BCUT2D eigenvalue weighted by molar-refractivity contribution is 7.91. The molecule has 108 valence electrons. The molecule has 6 nitrogen and oxygen atoms in total. The van der Waals surface area contributed by atoms with Crippen LogP contribution in [0.3, 0.4) is 0 Å². The van der Waals surface area contributed by atoms with E-state index in [1.54, 1.807) is 26.0 Å². The Morgan fingerprint density at radius 2 is 2.10 bits per heavy atom. The Morgan fingerprint density at radius 1 is 1.40 bits per heavy atom. The first-order valence-corrected chi connectivity index (χ1v) is 7.97. The van der Waals surface area contributed by atoms with Crippen LogP contribution in [0.5, 0.6) is 0 Å². The van der Waals surface area contributed by atoms with Gasteiger partial charge in [-0.3, -0.25) is 0 Å². The number of anilines is 1. The SMILES string of the molecule is Cc1ccc(C(C)NS(=O)(=O)c2nnc(N)s2)cc1F. The molecule has 0 aliphatic heterocycles. The summed E-state index contributed by atoms with van der Waals surface area (Å²) in [6, 6.07) is 3.97. The Kier molecular flexibility index (Phi) is 4.02. The van der Waals surface area contributed by atoms with Gasteiger partial charge in [0, 0.05) is 6.04 Å². The smallest absolute Gasteiger partial charge is 0.270 e. The molecule has 9 heteroatoms. The Bertz CT molecular complexity index is 730. The van der Waals surface area contributed by atoms with Crippen molar-refractivity contribution in [1.29, 1.82) is 0 Å². The molecule has 0 bridgehead atoms. The summed E-state index contributed by atoms with van der Waals surface area (Å²) in [6.07, 6.45) is 0. The number of hydrogen-bond acceptors (Lipinski definition) is 6. The van der Waals surface area contributed by atoms with E-state index in [1.165, 1.54) is 6.07 Å². The second-order valence-electron chi connectivity index (χ2n) is 4.26. The number of hydrogen-bond donors (Lipinski definition) is 2. The number of nitrogens with zero attached hydrogens (tertiary/aromatic N) is 2. The van der Waals surface area contributed by atoms with Crippen LogP contribution >= 0.6 is 11.3 Å². The molecule has 3 N–H and O–H groups in total. The van der Waals surface area contributed by atoms with Crippen LogP contribution in [0.15, 0.2) is 22.5 Å². The lowest BCUT2D eigenvalue weighted by molar-refractivity contribution is 0.562. The van der Waals surface area contributed by atoms with Gasteiger partial charge in [0.2, 0.25) is 9.47 Å². The van der Waals surface area contributed by atoms with Crippen LogP contribution in [0.25, 0.3) is 0 Å². The van der Waals surface area contributed by atoms with Gasteiger partial charge in [-0.1, -0.05) is 23.5 Å². The predicted molar refractivity (Wildman–Crippen MR) is 74.2 cm³/mol. The molecule has 1 aromatic carbocycles. The molecular weight excluding hydrogens is 303 g/mol. The van der Waals surface area contributed by atoms with Crippen molar-refractivity contribution in [1.82, 2.24) is 14.9 Å². The van der Waals surface area contributed by atoms with E-state index in [1.807, 2.05) is 0 Å². The second kappa shape index (κ2) is 5.43. The van der Waals surface area contributed by atoms with Gasteiger partial charge in [0.25, 0.3) is 10.0 Å². The first kappa shape index (κ1) is 14.8. The maximum atomic E-state index is 13.5. The molecule has 0 aliphatic carbocycles. The summed E-state index contributed by atoms with van der Waals surface area (Å²) >= 11 is 0.768. The Labute approximate surface area is 119 Å². The van der Waals surface area contributed by atoms with Gasteiger partial charge in [-0.15, -0.1) is 10.2 Å². The van der Waals surface area contributed by atoms with Crippen LogP contribution in [-0.4, -0.2) is 18.6 Å². The largest absolute Gasteiger partial charge is 0.374 e. The van der Waals surface area contributed by atoms with E-state index in [2.05, 4.69) is 14.9 Å². The lowest BCUT2D eigenvalue weighted by atomic mass is 10.1. The zero-order valence-corrected chi connectivity index (χ0v) is 12.4. The van der Waals surface area contributed by atoms with Gasteiger partial charge in [-0.05, 0) is 31.0 Å². The number of nitrogens with two attached hydrogens (primary N) is 1. The molecule has 2 aromatic rings. The molecule has 1 unspecified atom stereocenters. The first-order chi connectivity index (χ1) is 9.29. The predicted octanol–water partition coefficient (Wildman–Crippen LogP) is 1.61. The third-order valence-electron chi connectivity index (χ3n) is 2.68. The van der Waals surface area contributed by atoms with Crippen molar-refractivity contribution in [2.75, 3.05) is 5.73 Å². The van der Waals surface area contributed by atoms with Crippen molar-refractivity contribution in [3.8, 4) is 0 Å². The molecule has 0 radical (unpaired) electrons. The van der Waals surface area contributed by atoms with Crippen molar-refractivity contribution >= 4 is 26.5 Å². The van der Waals surface area contributed by atoms with Crippen LogP contribution < -0.4 is 10.5 Å². The van der Waals surface area contributed by atoms with Gasteiger partial charge in [0.05, 0.1) is 0 Å². The minimum atomic E-state index is -3.82. The number of sulfonamides is 1. The maximum Gasteiger partial charge on any atom is 0.270 e. The van der Waals surface area contributed by atoms with Crippen molar-refractivity contribution in [3.63, 3.8) is 0 Å². The Morgan fingerprint density at radius 3 is 2.65 bits per heavy atom. The van der Waals surface area contributed by atoms with E-state index in [0.29, 0.717) is 11.1 Å². The topological polar surface area (TPSA) is 98.0 Å². The standard InChI is InChI=1S/C11H13FN4O2S2/c1-6-3-4-8(5-9(6)12)7(2)16-20(17,18)11-15-14-10(13)19-11/h3-5,7,16H,1-2H3,(H2,13,14). The molecule has 0 saturated heterocycles. The van der Waals surface area contributed by atoms with Crippen LogP contribution in [0.1, 0.15) is 24.1 Å². The average Bonchev–Trinajstić information content (AvgIpc) is 2.79. The van der Waals surface area contributed by atoms with Gasteiger partial charge in [0.15, 0.2) is 0 Å². The molecule has 0 amide bonds. The van der Waals surface area contributed by atoms with E-state index in [-0.39, 0.29) is 15.3 Å². The van der Waals surface area contributed by atoms with Crippen LogP contribution in [0.2, 0.25) is 0 Å². The summed E-state index contributed by atoms with van der Waals surface area (Å²) in [5, 5.41) is 7.01. The summed E-state index contributed by atoms with van der Waals surface area (Å²) < 4.78 is 39.7. The summed E-state index contributed by atoms with van der Waals surface area (Å²) in [5.74, 6) is -0.381. The zero-order valence-electron chi connectivity index (χ0n) is 10.8. The summed E-state index contributed by atoms with van der Waals surface area (Å²) in [7, 11) is -3.82. The second-order valence-corrected chi connectivity index (χ2v) is 7.15. The molecule has 0 saturated carbocycles. The fraction of sp³-hybridized carbons (Fsp3) is 0.273. The highest BCUT2D eigenvalue weighted by atomic mass is 32.2. The molecule has 0 aliphatic rings. The first-order valence-electron chi connectivity index (χ1n) is 5.67. The fourth-order valence-electron chi connectivity index (χ4n) is 1.56. The highest BCUT2D eigenvalue weighted by Crippen LogP contribution is 2.21. The van der Waals surface area contributed by atoms with E-state index in [0.717, 1.165) is 11.3 Å². The summed E-state index contributed by atoms with van der Waals surface area (Å²) in [6.45, 7) is 3.25. The van der Waals surface area contributed by atoms with E-state index in [4.69, 9.17) is 5.73 Å². The lowest BCUT2D eigenvalue weighted by Gasteiger charge is -2.13. The normalized spacial score (nSPS) is 13.3. The van der Waals surface area contributed by atoms with E-state index >= 15 is 0 Å². The number of nitrogens with one attached hydrogen (secondary N) is 1. The minimum Gasteiger partial charge on any atom is -0.374 e. The van der Waals surface area contributed by atoms with Crippen LogP contribution in [0, 0.1) is 12.7 Å². The van der Waals surface area contributed by atoms with Gasteiger partial charge in [-0.25, -0.2) is 17.5 Å². The van der Waals surface area contributed by atoms with E-state index in [9.17, 15) is 12.8 Å². The zero-order chi connectivity index (χ0) is 14.9. The Hall–Kier alpha value is -1.58. The molecule has 1 aromatic heterocycles. The van der Waals surface area contributed by atoms with Crippen molar-refractivity contribution in [2.24, 2.45) is 0 Å². The fourth-order valence-corrected chi connectivity index (χ4v) is 3.59. The lowest BCUT2D eigenvalue weighted by Crippen LogP contribution is -2.27. The minimum absolute atomic E-state index is 0.0689. The quantitative estimate of drug-likeness (QED) is 0.893. The van der Waals surface area contributed by atoms with Crippen molar-refractivity contribution < 1.29 is 12.8 Å². The maximum absolute atomic E-state index is 13.5. The van der Waals surface area contributed by atoms with Gasteiger partial charge in [0.1, 0.15) is 5.82 Å². The number of aryl methyl sites for hydroxylation is 1. The third kappa shape index (κ3) is 3.11. The monoisotopic (exact) mass is 316 g/mol. The van der Waals surface area contributed by atoms with Gasteiger partial charge < -0.3 is 5.73 Å². The molecule has 1 atom stereocenters. The van der Waals surface area contributed by atoms with Gasteiger partial charge in [-0.2, -0.15) is 0 Å².